The second-order valence-corrected chi connectivity index (χ2v) is 3.92. The molecular weight excluding hydrogens is 228 g/mol. The monoisotopic (exact) mass is 256 g/mol. The van der Waals surface area contributed by atoms with Crippen LogP contribution in [0.3, 0.4) is 0 Å². The molecule has 0 nitrogen and oxygen atoms in total. The minimum Gasteiger partial charge on any atom is -0.0683 e. The lowest BCUT2D eigenvalue weighted by Crippen LogP contribution is -1.82. The zero-order chi connectivity index (χ0) is 14.7. The highest BCUT2D eigenvalue weighted by atomic mass is 14.0. The fourth-order valence-electron chi connectivity index (χ4n) is 1.76. The van der Waals surface area contributed by atoms with E-state index >= 15 is 0 Å². The molecule has 0 unspecified atom stereocenters. The normalized spacial score (nSPS) is 8.74. The van der Waals surface area contributed by atoms with Crippen LogP contribution in [0.4, 0.5) is 0 Å². The van der Waals surface area contributed by atoms with Crippen molar-refractivity contribution in [3.8, 4) is 11.1 Å². The van der Waals surface area contributed by atoms with Crippen LogP contribution in [-0.4, -0.2) is 0 Å². The predicted octanol–water partition coefficient (Wildman–Crippen LogP) is 6.28. The van der Waals surface area contributed by atoms with E-state index in [9.17, 15) is 0 Å². The molecule has 0 atom stereocenters. The second kappa shape index (κ2) is 10.4. The van der Waals surface area contributed by atoms with E-state index in [0.29, 0.717) is 0 Å². The van der Waals surface area contributed by atoms with Gasteiger partial charge < -0.3 is 0 Å². The quantitative estimate of drug-likeness (QED) is 0.593. The predicted molar refractivity (Wildman–Crippen MR) is 88.7 cm³/mol. The summed E-state index contributed by atoms with van der Waals surface area (Å²) in [5.74, 6) is 0. The highest BCUT2D eigenvalue weighted by molar-refractivity contribution is 5.64. The summed E-state index contributed by atoms with van der Waals surface area (Å²) in [6, 6.07) is 17.4. The van der Waals surface area contributed by atoms with Crippen LogP contribution in [0.1, 0.15) is 45.7 Å². The van der Waals surface area contributed by atoms with Crippen LogP contribution in [0.2, 0.25) is 0 Å². The first-order valence-corrected chi connectivity index (χ1v) is 7.45. The molecule has 104 valence electrons. The molecule has 0 N–H and O–H groups in total. The third kappa shape index (κ3) is 5.74. The SMILES string of the molecule is CC.CC.CCc1ccc(-c2cccc(C)c2)cc1. The Balaban J connectivity index is 0.000000741. The molecule has 0 bridgehead atoms. The van der Waals surface area contributed by atoms with Crippen LogP contribution >= 0.6 is 0 Å². The Hall–Kier alpha value is -1.56. The Morgan fingerprint density at radius 3 is 1.79 bits per heavy atom. The average molecular weight is 256 g/mol. The van der Waals surface area contributed by atoms with Crippen molar-refractivity contribution in [3.63, 3.8) is 0 Å². The molecule has 0 radical (unpaired) electrons. The van der Waals surface area contributed by atoms with Crippen LogP contribution in [0.25, 0.3) is 11.1 Å². The summed E-state index contributed by atoms with van der Waals surface area (Å²) >= 11 is 0. The molecule has 0 amide bonds. The van der Waals surface area contributed by atoms with Crippen molar-refractivity contribution in [2.45, 2.75) is 48.0 Å². The van der Waals surface area contributed by atoms with Gasteiger partial charge in [-0.1, -0.05) is 88.7 Å². The number of hydrogen-bond donors (Lipinski definition) is 0. The van der Waals surface area contributed by atoms with Crippen molar-refractivity contribution in [2.75, 3.05) is 0 Å². The molecule has 2 aromatic rings. The molecule has 2 rings (SSSR count). The Morgan fingerprint density at radius 2 is 1.32 bits per heavy atom. The Bertz CT molecular complexity index is 438. The molecule has 0 heteroatoms. The van der Waals surface area contributed by atoms with Gasteiger partial charge in [0.2, 0.25) is 0 Å². The molecule has 0 aromatic heterocycles. The Morgan fingerprint density at radius 1 is 0.737 bits per heavy atom. The maximum atomic E-state index is 2.22. The second-order valence-electron chi connectivity index (χ2n) is 3.92. The van der Waals surface area contributed by atoms with E-state index in [1.165, 1.54) is 22.3 Å². The first kappa shape index (κ1) is 17.4. The van der Waals surface area contributed by atoms with E-state index in [-0.39, 0.29) is 0 Å². The summed E-state index contributed by atoms with van der Waals surface area (Å²) in [5.41, 5.74) is 5.31. The minimum absolute atomic E-state index is 1.11. The standard InChI is InChI=1S/C15H16.2C2H6/c1-3-13-7-9-14(10-8-13)15-6-4-5-12(2)11-15;2*1-2/h4-11H,3H2,1-2H3;2*1-2H3. The van der Waals surface area contributed by atoms with Crippen LogP contribution < -0.4 is 0 Å². The van der Waals surface area contributed by atoms with E-state index in [1.54, 1.807) is 0 Å². The summed E-state index contributed by atoms with van der Waals surface area (Å²) in [5, 5.41) is 0. The van der Waals surface area contributed by atoms with E-state index in [4.69, 9.17) is 0 Å². The molecule has 0 aliphatic heterocycles. The van der Waals surface area contributed by atoms with Crippen LogP contribution in [0, 0.1) is 6.92 Å². The minimum atomic E-state index is 1.11. The summed E-state index contributed by atoms with van der Waals surface area (Å²) in [6.45, 7) is 12.3. The Labute approximate surface area is 119 Å². The molecule has 0 aliphatic rings. The summed E-state index contributed by atoms with van der Waals surface area (Å²) in [6.07, 6.45) is 1.11. The molecule has 0 saturated heterocycles. The van der Waals surface area contributed by atoms with Crippen molar-refractivity contribution in [2.24, 2.45) is 0 Å². The van der Waals surface area contributed by atoms with Gasteiger partial charge in [-0.2, -0.15) is 0 Å². The molecule has 19 heavy (non-hydrogen) atoms. The van der Waals surface area contributed by atoms with E-state index in [1.807, 2.05) is 27.7 Å². The number of hydrogen-bond acceptors (Lipinski definition) is 0. The summed E-state index contributed by atoms with van der Waals surface area (Å²) < 4.78 is 0. The number of aryl methyl sites for hydroxylation is 2. The van der Waals surface area contributed by atoms with Crippen molar-refractivity contribution in [1.82, 2.24) is 0 Å². The third-order valence-corrected chi connectivity index (χ3v) is 2.71. The van der Waals surface area contributed by atoms with Crippen molar-refractivity contribution in [3.05, 3.63) is 59.7 Å². The van der Waals surface area contributed by atoms with E-state index in [0.717, 1.165) is 6.42 Å². The van der Waals surface area contributed by atoms with Gasteiger partial charge in [0, 0.05) is 0 Å². The van der Waals surface area contributed by atoms with Crippen LogP contribution in [-0.2, 0) is 6.42 Å². The molecular formula is C19H28. The van der Waals surface area contributed by atoms with Gasteiger partial charge in [-0.05, 0) is 30.0 Å². The number of benzene rings is 2. The Kier molecular flexibility index (Phi) is 9.52. The first-order chi connectivity index (χ1) is 9.29. The van der Waals surface area contributed by atoms with Crippen molar-refractivity contribution in [1.29, 1.82) is 0 Å². The lowest BCUT2D eigenvalue weighted by Gasteiger charge is -2.04. The van der Waals surface area contributed by atoms with Crippen molar-refractivity contribution < 1.29 is 0 Å². The zero-order valence-electron chi connectivity index (χ0n) is 13.3. The van der Waals surface area contributed by atoms with Crippen LogP contribution in [0.5, 0.6) is 0 Å². The molecule has 0 aliphatic carbocycles. The highest BCUT2D eigenvalue weighted by Crippen LogP contribution is 2.20. The van der Waals surface area contributed by atoms with Gasteiger partial charge in [-0.3, -0.25) is 0 Å². The molecule has 0 saturated carbocycles. The van der Waals surface area contributed by atoms with Crippen molar-refractivity contribution >= 4 is 0 Å². The lowest BCUT2D eigenvalue weighted by molar-refractivity contribution is 1.14. The van der Waals surface area contributed by atoms with E-state index in [2.05, 4.69) is 62.4 Å². The van der Waals surface area contributed by atoms with Gasteiger partial charge in [0.25, 0.3) is 0 Å². The maximum Gasteiger partial charge on any atom is -0.0181 e. The maximum absolute atomic E-state index is 2.22. The van der Waals surface area contributed by atoms with E-state index < -0.39 is 0 Å². The van der Waals surface area contributed by atoms with Gasteiger partial charge >= 0.3 is 0 Å². The zero-order valence-corrected chi connectivity index (χ0v) is 13.3. The van der Waals surface area contributed by atoms with Crippen LogP contribution in [0.15, 0.2) is 48.5 Å². The summed E-state index contributed by atoms with van der Waals surface area (Å²) in [4.78, 5) is 0. The number of rotatable bonds is 2. The first-order valence-electron chi connectivity index (χ1n) is 7.45. The highest BCUT2D eigenvalue weighted by Gasteiger charge is 1.97. The molecule has 0 fully saturated rings. The largest absolute Gasteiger partial charge is 0.0683 e. The molecule has 0 spiro atoms. The topological polar surface area (TPSA) is 0 Å². The van der Waals surface area contributed by atoms with Gasteiger partial charge in [-0.25, -0.2) is 0 Å². The molecule has 0 heterocycles. The van der Waals surface area contributed by atoms with Gasteiger partial charge in [0.15, 0.2) is 0 Å². The third-order valence-electron chi connectivity index (χ3n) is 2.71. The summed E-state index contributed by atoms with van der Waals surface area (Å²) in [7, 11) is 0. The van der Waals surface area contributed by atoms with Gasteiger partial charge in [-0.15, -0.1) is 0 Å². The molecule has 2 aromatic carbocycles. The lowest BCUT2D eigenvalue weighted by atomic mass is 10.0. The fourth-order valence-corrected chi connectivity index (χ4v) is 1.76. The van der Waals surface area contributed by atoms with Gasteiger partial charge in [0.1, 0.15) is 0 Å². The average Bonchev–Trinajstić information content (AvgIpc) is 2.51. The van der Waals surface area contributed by atoms with Gasteiger partial charge in [0.05, 0.1) is 0 Å². The fraction of sp³-hybridized carbons (Fsp3) is 0.368. The smallest absolute Gasteiger partial charge is 0.0181 e.